The normalized spacial score (nSPS) is 10.8. The fourth-order valence-electron chi connectivity index (χ4n) is 2.88. The number of aliphatic hydroxyl groups is 1. The molecular weight excluding hydrogens is 344 g/mol. The summed E-state index contributed by atoms with van der Waals surface area (Å²) in [4.78, 5) is 14.9. The van der Waals surface area contributed by atoms with Crippen molar-refractivity contribution in [1.29, 1.82) is 0 Å². The van der Waals surface area contributed by atoms with Crippen LogP contribution in [0.1, 0.15) is 27.2 Å². The highest BCUT2D eigenvalue weighted by Crippen LogP contribution is 2.22. The smallest absolute Gasteiger partial charge is 0.360 e. The summed E-state index contributed by atoms with van der Waals surface area (Å²) in [6.07, 6.45) is 0. The number of aryl methyl sites for hydroxylation is 2. The summed E-state index contributed by atoms with van der Waals surface area (Å²) in [6.45, 7) is 4.43. The van der Waals surface area contributed by atoms with Gasteiger partial charge in [-0.1, -0.05) is 42.5 Å². The van der Waals surface area contributed by atoms with Gasteiger partial charge in [0.05, 0.1) is 12.3 Å². The van der Waals surface area contributed by atoms with E-state index in [4.69, 9.17) is 0 Å². The number of benzene rings is 2. The second kappa shape index (κ2) is 8.01. The van der Waals surface area contributed by atoms with Crippen LogP contribution < -0.4 is 4.90 Å². The summed E-state index contributed by atoms with van der Waals surface area (Å²) in [7, 11) is 0. The number of carboxylic acid groups (broad SMARTS) is 1. The Balaban J connectivity index is 2.05. The molecule has 0 unspecified atom stereocenters. The van der Waals surface area contributed by atoms with Gasteiger partial charge in [0.15, 0.2) is 5.82 Å². The molecule has 140 valence electrons. The largest absolute Gasteiger partial charge is 0.476 e. The lowest BCUT2D eigenvalue weighted by atomic mass is 10.1. The summed E-state index contributed by atoms with van der Waals surface area (Å²) in [5, 5.41) is 27.8. The van der Waals surface area contributed by atoms with Gasteiger partial charge in [0.25, 0.3) is 0 Å². The number of nitrogens with zero attached hydrogens (tertiary/aromatic N) is 4. The van der Waals surface area contributed by atoms with E-state index in [1.165, 1.54) is 4.80 Å². The summed E-state index contributed by atoms with van der Waals surface area (Å²) in [5.74, 6) is -0.918. The van der Waals surface area contributed by atoms with E-state index in [9.17, 15) is 15.0 Å². The van der Waals surface area contributed by atoms with E-state index in [0.717, 1.165) is 22.4 Å². The van der Waals surface area contributed by atoms with Crippen LogP contribution in [0.15, 0.2) is 48.5 Å². The first-order chi connectivity index (χ1) is 13.0. The van der Waals surface area contributed by atoms with Crippen molar-refractivity contribution in [3.63, 3.8) is 0 Å². The fraction of sp³-hybridized carbons (Fsp3) is 0.250. The molecule has 0 atom stereocenters. The van der Waals surface area contributed by atoms with Gasteiger partial charge in [0.2, 0.25) is 5.69 Å². The second-order valence-electron chi connectivity index (χ2n) is 6.39. The van der Waals surface area contributed by atoms with Crippen molar-refractivity contribution in [3.05, 3.63) is 70.9 Å². The molecule has 0 saturated heterocycles. The van der Waals surface area contributed by atoms with E-state index in [-0.39, 0.29) is 24.7 Å². The molecule has 2 aromatic carbocycles. The molecule has 7 heteroatoms. The average molecular weight is 366 g/mol. The van der Waals surface area contributed by atoms with Crippen LogP contribution in [0, 0.1) is 13.8 Å². The molecule has 0 amide bonds. The maximum absolute atomic E-state index is 11.8. The molecule has 0 radical (unpaired) electrons. The Morgan fingerprint density at radius 3 is 2.52 bits per heavy atom. The Labute approximate surface area is 157 Å². The van der Waals surface area contributed by atoms with E-state index < -0.39 is 5.97 Å². The van der Waals surface area contributed by atoms with Gasteiger partial charge in [-0.25, -0.2) is 4.79 Å². The fourth-order valence-corrected chi connectivity index (χ4v) is 2.88. The third kappa shape index (κ3) is 4.15. The highest BCUT2D eigenvalue weighted by Gasteiger charge is 2.24. The number of hydrogen-bond donors (Lipinski definition) is 2. The minimum Gasteiger partial charge on any atom is -0.476 e. The Morgan fingerprint density at radius 1 is 1.11 bits per heavy atom. The van der Waals surface area contributed by atoms with Gasteiger partial charge in [-0.05, 0) is 36.6 Å². The Kier molecular flexibility index (Phi) is 5.52. The maximum Gasteiger partial charge on any atom is 0.360 e. The van der Waals surface area contributed by atoms with Crippen LogP contribution in [0.25, 0.3) is 5.69 Å². The van der Waals surface area contributed by atoms with Crippen LogP contribution in [-0.4, -0.2) is 44.3 Å². The molecule has 27 heavy (non-hydrogen) atoms. The van der Waals surface area contributed by atoms with E-state index in [2.05, 4.69) is 10.2 Å². The lowest BCUT2D eigenvalue weighted by Gasteiger charge is -2.21. The zero-order valence-corrected chi connectivity index (χ0v) is 15.3. The van der Waals surface area contributed by atoms with Crippen LogP contribution in [0.2, 0.25) is 0 Å². The average Bonchev–Trinajstić information content (AvgIpc) is 3.10. The van der Waals surface area contributed by atoms with Crippen molar-refractivity contribution in [2.75, 3.05) is 18.1 Å². The van der Waals surface area contributed by atoms with Crippen LogP contribution in [0.3, 0.4) is 0 Å². The lowest BCUT2D eigenvalue weighted by molar-refractivity contribution is 0.0690. The molecule has 0 bridgehead atoms. The minimum absolute atomic E-state index is 0.123. The molecule has 0 fully saturated rings. The highest BCUT2D eigenvalue weighted by molar-refractivity contribution is 5.91. The minimum atomic E-state index is -1.16. The summed E-state index contributed by atoms with van der Waals surface area (Å²) in [5.41, 5.74) is 3.55. The highest BCUT2D eigenvalue weighted by atomic mass is 16.4. The van der Waals surface area contributed by atoms with E-state index in [1.54, 1.807) is 4.90 Å². The Bertz CT molecular complexity index is 938. The third-order valence-corrected chi connectivity index (χ3v) is 4.26. The van der Waals surface area contributed by atoms with Crippen molar-refractivity contribution >= 4 is 11.8 Å². The van der Waals surface area contributed by atoms with E-state index in [0.29, 0.717) is 6.54 Å². The van der Waals surface area contributed by atoms with Crippen molar-refractivity contribution in [3.8, 4) is 5.69 Å². The molecule has 0 spiro atoms. The number of aromatic nitrogens is 3. The Hall–Kier alpha value is -3.19. The maximum atomic E-state index is 11.8. The van der Waals surface area contributed by atoms with Gasteiger partial charge in [0, 0.05) is 13.1 Å². The van der Waals surface area contributed by atoms with Gasteiger partial charge < -0.3 is 15.1 Å². The standard InChI is InChI=1S/C20H22N4O3/c1-14-8-9-15(2)17(12-14)24-21-18(20(26)27)19(22-24)23(10-11-25)13-16-6-4-3-5-7-16/h3-9,12,25H,10-11,13H2,1-2H3,(H,26,27). The van der Waals surface area contributed by atoms with Crippen LogP contribution >= 0.6 is 0 Å². The van der Waals surface area contributed by atoms with Gasteiger partial charge in [-0.3, -0.25) is 0 Å². The topological polar surface area (TPSA) is 91.5 Å². The van der Waals surface area contributed by atoms with Gasteiger partial charge >= 0.3 is 5.97 Å². The zero-order chi connectivity index (χ0) is 19.4. The number of carbonyl (C=O) groups is 1. The summed E-state index contributed by atoms with van der Waals surface area (Å²) >= 11 is 0. The molecule has 0 aliphatic carbocycles. The number of hydrogen-bond acceptors (Lipinski definition) is 5. The molecule has 0 aliphatic rings. The summed E-state index contributed by atoms with van der Waals surface area (Å²) in [6, 6.07) is 15.5. The first-order valence-electron chi connectivity index (χ1n) is 8.67. The number of anilines is 1. The third-order valence-electron chi connectivity index (χ3n) is 4.26. The number of aliphatic hydroxyl groups excluding tert-OH is 1. The molecule has 2 N–H and O–H groups in total. The summed E-state index contributed by atoms with van der Waals surface area (Å²) < 4.78 is 0. The van der Waals surface area contributed by atoms with Crippen LogP contribution in [0.4, 0.5) is 5.82 Å². The molecule has 0 saturated carbocycles. The van der Waals surface area contributed by atoms with Crippen molar-refractivity contribution in [1.82, 2.24) is 15.0 Å². The van der Waals surface area contributed by atoms with Crippen LogP contribution in [-0.2, 0) is 6.54 Å². The van der Waals surface area contributed by atoms with Crippen molar-refractivity contribution in [2.24, 2.45) is 0 Å². The first-order valence-corrected chi connectivity index (χ1v) is 8.67. The quantitative estimate of drug-likeness (QED) is 0.668. The van der Waals surface area contributed by atoms with Gasteiger partial charge in [0.1, 0.15) is 0 Å². The predicted octanol–water partition coefficient (Wildman–Crippen LogP) is 2.58. The lowest BCUT2D eigenvalue weighted by Crippen LogP contribution is -2.28. The molecule has 0 aliphatic heterocycles. The molecule has 3 aromatic rings. The molecular formula is C20H22N4O3. The molecule has 3 rings (SSSR count). The zero-order valence-electron chi connectivity index (χ0n) is 15.3. The molecule has 1 aromatic heterocycles. The number of carboxylic acids is 1. The van der Waals surface area contributed by atoms with Gasteiger partial charge in [-0.15, -0.1) is 15.0 Å². The van der Waals surface area contributed by atoms with E-state index >= 15 is 0 Å². The molecule has 1 heterocycles. The number of aromatic carboxylic acids is 1. The monoisotopic (exact) mass is 366 g/mol. The SMILES string of the molecule is Cc1ccc(C)c(-n2nc(C(=O)O)c(N(CCO)Cc3ccccc3)n2)c1. The number of rotatable bonds is 7. The Morgan fingerprint density at radius 2 is 1.85 bits per heavy atom. The predicted molar refractivity (Wildman–Crippen MR) is 102 cm³/mol. The first kappa shape index (κ1) is 18.6. The van der Waals surface area contributed by atoms with Crippen LogP contribution in [0.5, 0.6) is 0 Å². The van der Waals surface area contributed by atoms with Crippen molar-refractivity contribution in [2.45, 2.75) is 20.4 Å². The van der Waals surface area contributed by atoms with Gasteiger partial charge in [-0.2, -0.15) is 0 Å². The second-order valence-corrected chi connectivity index (χ2v) is 6.39. The van der Waals surface area contributed by atoms with E-state index in [1.807, 2.05) is 62.4 Å². The van der Waals surface area contributed by atoms with Crippen molar-refractivity contribution < 1.29 is 15.0 Å². The molecule has 7 nitrogen and oxygen atoms in total.